The van der Waals surface area contributed by atoms with Gasteiger partial charge in [0.05, 0.1) is 0 Å². The molecule has 0 radical (unpaired) electrons. The summed E-state index contributed by atoms with van der Waals surface area (Å²) in [6, 6.07) is 0. The molecule has 1 heterocycles. The third-order valence-electron chi connectivity index (χ3n) is 2.49. The Morgan fingerprint density at radius 3 is 2.23 bits per heavy atom. The average Bonchev–Trinajstić information content (AvgIpc) is 2.21. The molecule has 0 spiro atoms. The largest absolute Gasteiger partial charge is 0.388 e. The van der Waals surface area contributed by atoms with Crippen LogP contribution in [0.4, 0.5) is 0 Å². The lowest BCUT2D eigenvalue weighted by Gasteiger charge is -2.30. The minimum atomic E-state index is -0.543. The van der Waals surface area contributed by atoms with Gasteiger partial charge in [-0.1, -0.05) is 0 Å². The van der Waals surface area contributed by atoms with E-state index < -0.39 is 12.4 Å². The summed E-state index contributed by atoms with van der Waals surface area (Å²) in [6.07, 6.45) is 0.705. The Labute approximate surface area is 78.8 Å². The van der Waals surface area contributed by atoms with Crippen molar-refractivity contribution in [3.8, 4) is 0 Å². The van der Waals surface area contributed by atoms with Crippen LogP contribution in [0.2, 0.25) is 0 Å². The van der Waals surface area contributed by atoms with E-state index in [4.69, 9.17) is 14.2 Å². The van der Waals surface area contributed by atoms with E-state index in [-0.39, 0.29) is 5.92 Å². The van der Waals surface area contributed by atoms with Crippen molar-refractivity contribution in [2.45, 2.75) is 25.2 Å². The van der Waals surface area contributed by atoms with Crippen LogP contribution >= 0.6 is 0 Å². The van der Waals surface area contributed by atoms with Crippen LogP contribution in [0.5, 0.6) is 0 Å². The maximum Gasteiger partial charge on any atom is 0.182 e. The minimum Gasteiger partial charge on any atom is -0.388 e. The molecule has 4 nitrogen and oxygen atoms in total. The van der Waals surface area contributed by atoms with Gasteiger partial charge in [0.1, 0.15) is 6.10 Å². The average molecular weight is 190 g/mol. The summed E-state index contributed by atoms with van der Waals surface area (Å²) < 4.78 is 15.2. The number of methoxy groups -OCH3 is 2. The topological polar surface area (TPSA) is 47.9 Å². The molecule has 13 heavy (non-hydrogen) atoms. The lowest BCUT2D eigenvalue weighted by atomic mass is 9.93. The Morgan fingerprint density at radius 1 is 1.23 bits per heavy atom. The van der Waals surface area contributed by atoms with Crippen molar-refractivity contribution in [1.82, 2.24) is 0 Å². The maximum atomic E-state index is 9.83. The third-order valence-corrected chi connectivity index (χ3v) is 2.49. The van der Waals surface area contributed by atoms with Crippen LogP contribution in [0.1, 0.15) is 12.8 Å². The maximum absolute atomic E-state index is 9.83. The Hall–Kier alpha value is -0.160. The molecule has 78 valence electrons. The molecule has 0 aromatic carbocycles. The molecule has 4 heteroatoms. The second-order valence-electron chi connectivity index (χ2n) is 3.28. The second-order valence-corrected chi connectivity index (χ2v) is 3.28. The van der Waals surface area contributed by atoms with E-state index in [1.165, 1.54) is 14.2 Å². The van der Waals surface area contributed by atoms with E-state index in [1.807, 2.05) is 0 Å². The third kappa shape index (κ3) is 2.91. The Bertz CT molecular complexity index is 130. The molecular weight excluding hydrogens is 172 g/mol. The van der Waals surface area contributed by atoms with Gasteiger partial charge in [-0.2, -0.15) is 0 Å². The summed E-state index contributed by atoms with van der Waals surface area (Å²) in [6.45, 7) is 1.45. The molecule has 0 aromatic rings. The molecule has 1 fully saturated rings. The van der Waals surface area contributed by atoms with E-state index in [2.05, 4.69) is 0 Å². The molecule has 1 atom stereocenters. The molecule has 1 rings (SSSR count). The predicted octanol–water partition coefficient (Wildman–Crippen LogP) is 0.393. The zero-order valence-corrected chi connectivity index (χ0v) is 8.23. The number of hydrogen-bond acceptors (Lipinski definition) is 4. The van der Waals surface area contributed by atoms with Gasteiger partial charge >= 0.3 is 0 Å². The molecule has 0 bridgehead atoms. The fraction of sp³-hybridized carbons (Fsp3) is 1.00. The lowest BCUT2D eigenvalue weighted by molar-refractivity contribution is -0.185. The minimum absolute atomic E-state index is 0.235. The number of rotatable bonds is 4. The van der Waals surface area contributed by atoms with E-state index in [0.29, 0.717) is 0 Å². The Balaban J connectivity index is 2.38. The predicted molar refractivity (Wildman–Crippen MR) is 47.4 cm³/mol. The van der Waals surface area contributed by atoms with E-state index >= 15 is 0 Å². The van der Waals surface area contributed by atoms with Gasteiger partial charge in [0.2, 0.25) is 0 Å². The van der Waals surface area contributed by atoms with Crippen LogP contribution in [-0.2, 0) is 14.2 Å². The fourth-order valence-corrected chi connectivity index (χ4v) is 1.65. The first-order valence-electron chi connectivity index (χ1n) is 4.61. The highest BCUT2D eigenvalue weighted by molar-refractivity contribution is 4.74. The second kappa shape index (κ2) is 5.54. The van der Waals surface area contributed by atoms with Crippen molar-refractivity contribution < 1.29 is 19.3 Å². The zero-order valence-electron chi connectivity index (χ0n) is 8.23. The molecule has 0 aromatic heterocycles. The standard InChI is InChI=1S/C9H18O4/c1-11-9(12-2)8(10)7-3-5-13-6-4-7/h7-10H,3-6H2,1-2H3. The molecule has 0 amide bonds. The van der Waals surface area contributed by atoms with Crippen LogP contribution in [0.25, 0.3) is 0 Å². The summed E-state index contributed by atoms with van der Waals surface area (Å²) in [5.74, 6) is 0.235. The van der Waals surface area contributed by atoms with Crippen molar-refractivity contribution >= 4 is 0 Å². The van der Waals surface area contributed by atoms with E-state index in [0.717, 1.165) is 26.1 Å². The van der Waals surface area contributed by atoms with Crippen molar-refractivity contribution in [1.29, 1.82) is 0 Å². The fourth-order valence-electron chi connectivity index (χ4n) is 1.65. The monoisotopic (exact) mass is 190 g/mol. The number of aliphatic hydroxyl groups excluding tert-OH is 1. The number of ether oxygens (including phenoxy) is 3. The highest BCUT2D eigenvalue weighted by atomic mass is 16.7. The molecule has 0 aliphatic carbocycles. The van der Waals surface area contributed by atoms with E-state index in [1.54, 1.807) is 0 Å². The molecule has 1 aliphatic rings. The van der Waals surface area contributed by atoms with Gasteiger partial charge in [-0.3, -0.25) is 0 Å². The SMILES string of the molecule is COC(OC)C(O)C1CCOCC1. The number of hydrogen-bond donors (Lipinski definition) is 1. The van der Waals surface area contributed by atoms with Crippen molar-refractivity contribution in [2.75, 3.05) is 27.4 Å². The Kier molecular flexibility index (Phi) is 4.66. The molecule has 1 N–H and O–H groups in total. The molecule has 1 aliphatic heterocycles. The van der Waals surface area contributed by atoms with Gasteiger partial charge in [-0.15, -0.1) is 0 Å². The summed E-state index contributed by atoms with van der Waals surface area (Å²) in [5, 5.41) is 9.83. The molecular formula is C9H18O4. The van der Waals surface area contributed by atoms with Crippen molar-refractivity contribution in [3.63, 3.8) is 0 Å². The van der Waals surface area contributed by atoms with Gasteiger partial charge in [0.25, 0.3) is 0 Å². The van der Waals surface area contributed by atoms with Crippen molar-refractivity contribution in [2.24, 2.45) is 5.92 Å². The van der Waals surface area contributed by atoms with Gasteiger partial charge in [0, 0.05) is 27.4 Å². The van der Waals surface area contributed by atoms with Gasteiger partial charge in [0.15, 0.2) is 6.29 Å². The van der Waals surface area contributed by atoms with Crippen LogP contribution in [-0.4, -0.2) is 44.9 Å². The number of aliphatic hydroxyl groups is 1. The summed E-state index contributed by atoms with van der Waals surface area (Å²) >= 11 is 0. The summed E-state index contributed by atoms with van der Waals surface area (Å²) in [5.41, 5.74) is 0. The normalized spacial score (nSPS) is 22.2. The Morgan fingerprint density at radius 2 is 1.77 bits per heavy atom. The van der Waals surface area contributed by atoms with Crippen molar-refractivity contribution in [3.05, 3.63) is 0 Å². The quantitative estimate of drug-likeness (QED) is 0.652. The highest BCUT2D eigenvalue weighted by Crippen LogP contribution is 2.21. The first kappa shape index (κ1) is 10.9. The zero-order chi connectivity index (χ0) is 9.68. The van der Waals surface area contributed by atoms with Gasteiger partial charge in [-0.25, -0.2) is 0 Å². The van der Waals surface area contributed by atoms with E-state index in [9.17, 15) is 5.11 Å². The van der Waals surface area contributed by atoms with Gasteiger partial charge < -0.3 is 19.3 Å². The lowest BCUT2D eigenvalue weighted by Crippen LogP contribution is -2.38. The van der Waals surface area contributed by atoms with Crippen LogP contribution in [0.3, 0.4) is 0 Å². The summed E-state index contributed by atoms with van der Waals surface area (Å²) in [4.78, 5) is 0. The molecule has 1 unspecified atom stereocenters. The van der Waals surface area contributed by atoms with Crippen LogP contribution < -0.4 is 0 Å². The highest BCUT2D eigenvalue weighted by Gasteiger charge is 2.29. The molecule has 1 saturated heterocycles. The van der Waals surface area contributed by atoms with Gasteiger partial charge in [-0.05, 0) is 18.8 Å². The smallest absolute Gasteiger partial charge is 0.182 e. The first-order valence-corrected chi connectivity index (χ1v) is 4.61. The van der Waals surface area contributed by atoms with Crippen LogP contribution in [0.15, 0.2) is 0 Å². The molecule has 0 saturated carbocycles. The van der Waals surface area contributed by atoms with Crippen LogP contribution in [0, 0.1) is 5.92 Å². The summed E-state index contributed by atoms with van der Waals surface area (Å²) in [7, 11) is 3.08. The first-order chi connectivity index (χ1) is 6.29.